The van der Waals surface area contributed by atoms with Crippen LogP contribution in [-0.2, 0) is 0 Å². The van der Waals surface area contributed by atoms with Crippen LogP contribution in [0.2, 0.25) is 0 Å². The van der Waals surface area contributed by atoms with Gasteiger partial charge in [0.15, 0.2) is 0 Å². The molecule has 11 heavy (non-hydrogen) atoms. The molecule has 1 heterocycles. The summed E-state index contributed by atoms with van der Waals surface area (Å²) in [6.07, 6.45) is 1.06. The molecule has 0 radical (unpaired) electrons. The predicted molar refractivity (Wildman–Crippen MR) is 37.6 cm³/mol. The first-order valence-corrected chi connectivity index (χ1v) is 2.86. The molecule has 0 spiro atoms. The van der Waals surface area contributed by atoms with Crippen LogP contribution in [0.15, 0.2) is 23.4 Å². The van der Waals surface area contributed by atoms with Gasteiger partial charge in [0.2, 0.25) is 5.95 Å². The van der Waals surface area contributed by atoms with E-state index in [2.05, 4.69) is 10.1 Å². The Hall–Kier alpha value is -1.30. The molecule has 0 aliphatic carbocycles. The molecule has 56 valence electrons. The molecule has 0 aliphatic rings. The number of rotatable bonds is 2. The molecule has 0 bridgehead atoms. The number of nitroso groups, excluding NO2 is 1. The Morgan fingerprint density at radius 3 is 2.82 bits per heavy atom. The van der Waals surface area contributed by atoms with E-state index in [1.165, 1.54) is 6.07 Å². The molecule has 1 aromatic heterocycles. The van der Waals surface area contributed by atoms with Crippen molar-refractivity contribution >= 4 is 12.5 Å². The van der Waals surface area contributed by atoms with Crippen molar-refractivity contribution in [2.75, 3.05) is 0 Å². The van der Waals surface area contributed by atoms with Crippen molar-refractivity contribution < 1.29 is 9.41 Å². The van der Waals surface area contributed by atoms with Crippen LogP contribution < -0.4 is 5.46 Å². The van der Waals surface area contributed by atoms with Gasteiger partial charge < -0.3 is 5.02 Å². The Morgan fingerprint density at radius 2 is 2.36 bits per heavy atom. The van der Waals surface area contributed by atoms with E-state index in [0.717, 1.165) is 12.3 Å². The number of halogens is 1. The summed E-state index contributed by atoms with van der Waals surface area (Å²) >= 11 is 0. The SMILES string of the molecule is O=NB(O)c1ccc(F)nc1. The van der Waals surface area contributed by atoms with E-state index in [0.29, 0.717) is 0 Å². The van der Waals surface area contributed by atoms with Crippen molar-refractivity contribution in [3.05, 3.63) is 29.2 Å². The molecular formula is C5H4BFN2O2. The number of hydrogen-bond acceptors (Lipinski definition) is 4. The van der Waals surface area contributed by atoms with E-state index < -0.39 is 13.0 Å². The average Bonchev–Trinajstić information content (AvgIpc) is 2.05. The minimum Gasteiger partial charge on any atom is -0.425 e. The summed E-state index contributed by atoms with van der Waals surface area (Å²) in [6.45, 7) is 0. The highest BCUT2D eigenvalue weighted by Crippen LogP contribution is 1.88. The highest BCUT2D eigenvalue weighted by Gasteiger charge is 2.15. The van der Waals surface area contributed by atoms with Crippen molar-refractivity contribution in [3.8, 4) is 0 Å². The van der Waals surface area contributed by atoms with Crippen LogP contribution in [-0.4, -0.2) is 17.1 Å². The minimum atomic E-state index is -1.46. The lowest BCUT2D eigenvalue weighted by Gasteiger charge is -1.94. The van der Waals surface area contributed by atoms with Crippen molar-refractivity contribution in [3.63, 3.8) is 0 Å². The highest BCUT2D eigenvalue weighted by atomic mass is 19.1. The second-order valence-electron chi connectivity index (χ2n) is 1.89. The monoisotopic (exact) mass is 154 g/mol. The van der Waals surface area contributed by atoms with Gasteiger partial charge in [-0.15, -0.1) is 0 Å². The molecule has 0 fully saturated rings. The molecule has 6 heteroatoms. The zero-order valence-corrected chi connectivity index (χ0v) is 5.44. The summed E-state index contributed by atoms with van der Waals surface area (Å²) < 4.78 is 12.2. The number of pyridine rings is 1. The Morgan fingerprint density at radius 1 is 1.64 bits per heavy atom. The summed E-state index contributed by atoms with van der Waals surface area (Å²) in [4.78, 5) is 13.0. The van der Waals surface area contributed by atoms with Gasteiger partial charge in [-0.2, -0.15) is 9.30 Å². The van der Waals surface area contributed by atoms with Crippen molar-refractivity contribution in [2.45, 2.75) is 0 Å². The summed E-state index contributed by atoms with van der Waals surface area (Å²) in [5.41, 5.74) is 0.182. The predicted octanol–water partition coefficient (Wildman–Crippen LogP) is -0.325. The van der Waals surface area contributed by atoms with Crippen LogP contribution in [0.4, 0.5) is 4.39 Å². The van der Waals surface area contributed by atoms with E-state index in [-0.39, 0.29) is 5.46 Å². The molecule has 0 saturated heterocycles. The maximum Gasteiger partial charge on any atom is 0.519 e. The third kappa shape index (κ3) is 1.81. The van der Waals surface area contributed by atoms with Gasteiger partial charge in [0.1, 0.15) is 0 Å². The van der Waals surface area contributed by atoms with Crippen LogP contribution in [0.1, 0.15) is 0 Å². The first-order chi connectivity index (χ1) is 5.24. The molecule has 0 atom stereocenters. The lowest BCUT2D eigenvalue weighted by molar-refractivity contribution is 0.579. The zero-order chi connectivity index (χ0) is 8.27. The van der Waals surface area contributed by atoms with E-state index >= 15 is 0 Å². The van der Waals surface area contributed by atoms with Crippen LogP contribution >= 0.6 is 0 Å². The fourth-order valence-electron chi connectivity index (χ4n) is 0.601. The van der Waals surface area contributed by atoms with Gasteiger partial charge in [-0.3, -0.25) is 0 Å². The van der Waals surface area contributed by atoms with Gasteiger partial charge in [-0.05, 0) is 11.5 Å². The third-order valence-corrected chi connectivity index (χ3v) is 1.15. The summed E-state index contributed by atoms with van der Waals surface area (Å²) in [5.74, 6) is -0.660. The lowest BCUT2D eigenvalue weighted by atomic mass is 9.77. The molecule has 0 amide bonds. The Kier molecular flexibility index (Phi) is 2.27. The van der Waals surface area contributed by atoms with E-state index in [4.69, 9.17) is 5.02 Å². The third-order valence-electron chi connectivity index (χ3n) is 1.15. The molecule has 1 N–H and O–H groups in total. The van der Waals surface area contributed by atoms with Gasteiger partial charge >= 0.3 is 7.05 Å². The lowest BCUT2D eigenvalue weighted by Crippen LogP contribution is -2.27. The second-order valence-corrected chi connectivity index (χ2v) is 1.89. The molecule has 0 saturated carbocycles. The van der Waals surface area contributed by atoms with Gasteiger partial charge in [-0.1, -0.05) is 11.2 Å². The standard InChI is InChI=1S/C5H4BFN2O2/c7-5-2-1-4(3-8-5)6(10)9-11/h1-3,10H. The van der Waals surface area contributed by atoms with Gasteiger partial charge in [0, 0.05) is 6.20 Å². The number of nitrogens with zero attached hydrogens (tertiary/aromatic N) is 2. The summed E-state index contributed by atoms with van der Waals surface area (Å²) in [6, 6.07) is 2.29. The van der Waals surface area contributed by atoms with Crippen molar-refractivity contribution in [2.24, 2.45) is 5.09 Å². The fourth-order valence-corrected chi connectivity index (χ4v) is 0.601. The Labute approximate surface area is 62.2 Å². The largest absolute Gasteiger partial charge is 0.519 e. The van der Waals surface area contributed by atoms with E-state index in [1.807, 2.05) is 0 Å². The molecule has 1 aromatic rings. The normalized spacial score (nSPS) is 9.27. The Bertz CT molecular complexity index is 253. The maximum atomic E-state index is 12.2. The first-order valence-electron chi connectivity index (χ1n) is 2.86. The maximum absolute atomic E-state index is 12.2. The van der Waals surface area contributed by atoms with Gasteiger partial charge in [0.05, 0.1) is 0 Å². The van der Waals surface area contributed by atoms with Crippen LogP contribution in [0.5, 0.6) is 0 Å². The number of aromatic nitrogens is 1. The van der Waals surface area contributed by atoms with E-state index in [9.17, 15) is 9.30 Å². The number of hydrogen-bond donors (Lipinski definition) is 1. The van der Waals surface area contributed by atoms with E-state index in [1.54, 1.807) is 0 Å². The highest BCUT2D eigenvalue weighted by molar-refractivity contribution is 6.64. The van der Waals surface area contributed by atoms with Crippen LogP contribution in [0, 0.1) is 10.9 Å². The summed E-state index contributed by atoms with van der Waals surface area (Å²) in [5, 5.41) is 11.1. The van der Waals surface area contributed by atoms with Crippen molar-refractivity contribution in [1.82, 2.24) is 4.98 Å². The quantitative estimate of drug-likeness (QED) is 0.360. The average molecular weight is 154 g/mol. The molecule has 0 unspecified atom stereocenters. The topological polar surface area (TPSA) is 62.5 Å². The van der Waals surface area contributed by atoms with Gasteiger partial charge in [0.25, 0.3) is 0 Å². The summed E-state index contributed by atoms with van der Waals surface area (Å²) in [7, 11) is -1.46. The molecule has 0 aromatic carbocycles. The molecular weight excluding hydrogens is 150 g/mol. The zero-order valence-electron chi connectivity index (χ0n) is 5.44. The van der Waals surface area contributed by atoms with Crippen LogP contribution in [0.3, 0.4) is 0 Å². The molecule has 0 aliphatic heterocycles. The first kappa shape index (κ1) is 7.81. The molecule has 4 nitrogen and oxygen atoms in total. The molecule has 1 rings (SSSR count). The van der Waals surface area contributed by atoms with Gasteiger partial charge in [-0.25, -0.2) is 4.98 Å². The fraction of sp³-hybridized carbons (Fsp3) is 0. The van der Waals surface area contributed by atoms with Crippen molar-refractivity contribution in [1.29, 1.82) is 0 Å². The smallest absolute Gasteiger partial charge is 0.425 e. The Balaban J connectivity index is 2.89. The van der Waals surface area contributed by atoms with Crippen LogP contribution in [0.25, 0.3) is 0 Å². The minimum absolute atomic E-state index is 0.182. The second kappa shape index (κ2) is 3.20.